The van der Waals surface area contributed by atoms with Crippen molar-refractivity contribution in [3.05, 3.63) is 168 Å². The Kier molecular flexibility index (Phi) is 10.9. The van der Waals surface area contributed by atoms with Crippen LogP contribution in [0.5, 0.6) is 0 Å². The molecule has 3 aromatic heterocycles. The van der Waals surface area contributed by atoms with Crippen molar-refractivity contribution in [2.45, 2.75) is 57.1 Å². The standard InChI is InChI=1S/C58H51F3N4O3/c1-35-23-25-43-36(2)57(67,58(59,60)61)68-34-56(43,66)42(35)26-24-41-33-50-53(39-19-11-5-12-20-39)48-30-29-46(63-48)51(37-15-7-3-8-16-37)44-27-28-45(62-44)52(38-17-9-4-10-18-38)47-31-32-49(64-47)54(55(41)65-50)40-21-13-6-14-22-40/h3-22,27-33,35-36,42-43,62,65-67H,23-26,34H2,1-2H3/t35-,36-,42+,43+,56-,57-/m1/s1. The van der Waals surface area contributed by atoms with Crippen molar-refractivity contribution in [3.8, 4) is 44.5 Å². The number of benzene rings is 4. The number of hydrogen-bond acceptors (Lipinski definition) is 5. The van der Waals surface area contributed by atoms with Gasteiger partial charge in [-0.2, -0.15) is 13.2 Å². The molecule has 0 radical (unpaired) electrons. The van der Waals surface area contributed by atoms with Crippen LogP contribution < -0.4 is 0 Å². The van der Waals surface area contributed by atoms with Crippen LogP contribution in [0.15, 0.2) is 140 Å². The molecule has 3 aliphatic heterocycles. The van der Waals surface area contributed by atoms with E-state index in [-0.39, 0.29) is 5.92 Å². The molecule has 1 saturated carbocycles. The van der Waals surface area contributed by atoms with Gasteiger partial charge in [-0.25, -0.2) is 9.97 Å². The molecule has 2 fully saturated rings. The van der Waals surface area contributed by atoms with Gasteiger partial charge in [-0.3, -0.25) is 0 Å². The highest BCUT2D eigenvalue weighted by Gasteiger charge is 2.68. The summed E-state index contributed by atoms with van der Waals surface area (Å²) in [6.07, 6.45) is 5.18. The second-order valence-electron chi connectivity index (χ2n) is 18.8. The van der Waals surface area contributed by atoms with Crippen molar-refractivity contribution in [1.29, 1.82) is 0 Å². The van der Waals surface area contributed by atoms with Crippen molar-refractivity contribution in [3.63, 3.8) is 0 Å². The van der Waals surface area contributed by atoms with E-state index in [0.29, 0.717) is 25.7 Å². The number of ether oxygens (including phenoxy) is 1. The van der Waals surface area contributed by atoms with Crippen molar-refractivity contribution >= 4 is 46.4 Å². The molecule has 0 spiro atoms. The van der Waals surface area contributed by atoms with Crippen LogP contribution in [0.2, 0.25) is 0 Å². The summed E-state index contributed by atoms with van der Waals surface area (Å²) in [5, 5.41) is 23.5. The monoisotopic (exact) mass is 908 g/mol. The van der Waals surface area contributed by atoms with E-state index in [4.69, 9.17) is 14.7 Å². The number of aromatic nitrogens is 4. The van der Waals surface area contributed by atoms with Gasteiger partial charge in [0.2, 0.25) is 0 Å². The molecule has 6 heterocycles. The van der Waals surface area contributed by atoms with Crippen molar-refractivity contribution in [2.75, 3.05) is 6.61 Å². The molecule has 7 nitrogen and oxygen atoms in total. The van der Waals surface area contributed by atoms with E-state index in [1.807, 2.05) is 72.8 Å². The molecule has 4 aromatic carbocycles. The summed E-state index contributed by atoms with van der Waals surface area (Å²) in [5.41, 5.74) is 13.5. The number of nitrogens with zero attached hydrogens (tertiary/aromatic N) is 2. The smallest absolute Gasteiger partial charge is 0.387 e. The lowest BCUT2D eigenvalue weighted by molar-refractivity contribution is -0.427. The first-order valence-electron chi connectivity index (χ1n) is 23.5. The van der Waals surface area contributed by atoms with Crippen LogP contribution in [0.1, 0.15) is 61.4 Å². The molecule has 10 heteroatoms. The summed E-state index contributed by atoms with van der Waals surface area (Å²) in [6, 6.07) is 47.3. The Hall–Kier alpha value is -6.85. The number of aliphatic hydroxyl groups is 2. The van der Waals surface area contributed by atoms with Gasteiger partial charge in [0.05, 0.1) is 40.5 Å². The minimum atomic E-state index is -5.01. The van der Waals surface area contributed by atoms with E-state index in [1.54, 1.807) is 0 Å². The third-order valence-electron chi connectivity index (χ3n) is 15.0. The molecule has 7 aromatic rings. The molecular formula is C58H51F3N4O3. The molecule has 6 atom stereocenters. The van der Waals surface area contributed by atoms with E-state index in [1.165, 1.54) is 6.92 Å². The van der Waals surface area contributed by atoms with Crippen LogP contribution in [0.3, 0.4) is 0 Å². The Morgan fingerprint density at radius 1 is 0.588 bits per heavy atom. The lowest BCUT2D eigenvalue weighted by atomic mass is 9.57. The predicted octanol–water partition coefficient (Wildman–Crippen LogP) is 13.6. The van der Waals surface area contributed by atoms with Crippen LogP contribution in [0.25, 0.3) is 90.9 Å². The zero-order valence-electron chi connectivity index (χ0n) is 37.8. The van der Waals surface area contributed by atoms with Crippen LogP contribution in [-0.4, -0.2) is 54.3 Å². The van der Waals surface area contributed by atoms with Gasteiger partial charge in [-0.1, -0.05) is 135 Å². The molecule has 0 unspecified atom stereocenters. The summed E-state index contributed by atoms with van der Waals surface area (Å²) >= 11 is 0. The molecule has 4 N–H and O–H groups in total. The van der Waals surface area contributed by atoms with Crippen molar-refractivity contribution < 1.29 is 28.1 Å². The van der Waals surface area contributed by atoms with E-state index >= 15 is 0 Å². The molecule has 4 aliphatic rings. The molecule has 8 bridgehead atoms. The summed E-state index contributed by atoms with van der Waals surface area (Å²) < 4.78 is 48.4. The fourth-order valence-corrected chi connectivity index (χ4v) is 11.6. The Morgan fingerprint density at radius 3 is 1.50 bits per heavy atom. The number of aromatic amines is 2. The van der Waals surface area contributed by atoms with Crippen LogP contribution in [0, 0.1) is 23.7 Å². The average molecular weight is 909 g/mol. The normalized spacial score (nSPS) is 23.4. The van der Waals surface area contributed by atoms with Gasteiger partial charge in [0.15, 0.2) is 0 Å². The van der Waals surface area contributed by atoms with Gasteiger partial charge in [-0.15, -0.1) is 0 Å². The minimum absolute atomic E-state index is 0.0221. The van der Waals surface area contributed by atoms with Gasteiger partial charge >= 0.3 is 6.18 Å². The number of halogens is 3. The van der Waals surface area contributed by atoms with Crippen LogP contribution in [-0.2, 0) is 11.2 Å². The molecule has 342 valence electrons. The van der Waals surface area contributed by atoms with Crippen molar-refractivity contribution in [2.24, 2.45) is 23.7 Å². The number of nitrogens with one attached hydrogen (secondary N) is 2. The van der Waals surface area contributed by atoms with E-state index < -0.39 is 41.9 Å². The zero-order valence-corrected chi connectivity index (χ0v) is 37.8. The minimum Gasteiger partial charge on any atom is -0.387 e. The number of hydrogen-bond donors (Lipinski definition) is 4. The first kappa shape index (κ1) is 43.7. The number of H-pyrrole nitrogens is 2. The van der Waals surface area contributed by atoms with Crippen LogP contribution >= 0.6 is 0 Å². The highest BCUT2D eigenvalue weighted by Crippen LogP contribution is 2.56. The van der Waals surface area contributed by atoms with E-state index in [2.05, 4.69) is 108 Å². The van der Waals surface area contributed by atoms with Crippen LogP contribution in [0.4, 0.5) is 13.2 Å². The second-order valence-corrected chi connectivity index (χ2v) is 18.8. The topological polar surface area (TPSA) is 107 Å². The molecular weight excluding hydrogens is 858 g/mol. The third-order valence-corrected chi connectivity index (χ3v) is 15.0. The maximum atomic E-state index is 14.3. The lowest BCUT2D eigenvalue weighted by Gasteiger charge is -2.57. The number of aryl methyl sites for hydroxylation is 1. The zero-order chi connectivity index (χ0) is 46.8. The highest BCUT2D eigenvalue weighted by molar-refractivity contribution is 6.00. The Morgan fingerprint density at radius 2 is 1.03 bits per heavy atom. The summed E-state index contributed by atoms with van der Waals surface area (Å²) in [5.74, 6) is -5.95. The Bertz CT molecular complexity index is 3260. The highest BCUT2D eigenvalue weighted by atomic mass is 19.4. The number of fused-ring (bicyclic) bond motifs is 9. The Labute approximate surface area is 392 Å². The molecule has 1 saturated heterocycles. The third kappa shape index (κ3) is 7.42. The van der Waals surface area contributed by atoms with Gasteiger partial charge in [0, 0.05) is 44.7 Å². The van der Waals surface area contributed by atoms with Gasteiger partial charge in [-0.05, 0) is 114 Å². The fraction of sp³-hybridized carbons (Fsp3) is 0.241. The first-order chi connectivity index (χ1) is 32.9. The summed E-state index contributed by atoms with van der Waals surface area (Å²) in [7, 11) is 0. The molecule has 0 amide bonds. The SMILES string of the molecule is C[C@@H]1CC[C@H]2[C@@H](C)[C@](O)(C(F)(F)F)OC[C@@]2(O)[C@H]1CCc1cc2[nH]c1c(-c1ccccc1)c1nc(c(-c3ccccc3)c3ccc([nH]3)c(-c3ccccc3)c3nc(c2-c2ccccc2)C=C3)C=C1. The number of alkyl halides is 3. The molecule has 1 aliphatic carbocycles. The maximum Gasteiger partial charge on any atom is 0.443 e. The summed E-state index contributed by atoms with van der Waals surface area (Å²) in [6.45, 7) is 2.81. The second kappa shape index (κ2) is 17.0. The lowest BCUT2D eigenvalue weighted by Crippen LogP contribution is -2.68. The first-order valence-corrected chi connectivity index (χ1v) is 23.5. The average Bonchev–Trinajstić information content (AvgIpc) is 4.19. The maximum absolute atomic E-state index is 14.3. The summed E-state index contributed by atoms with van der Waals surface area (Å²) in [4.78, 5) is 18.7. The Balaban J connectivity index is 1.20. The molecule has 68 heavy (non-hydrogen) atoms. The molecule has 11 rings (SSSR count). The predicted molar refractivity (Wildman–Crippen MR) is 265 cm³/mol. The fourth-order valence-electron chi connectivity index (χ4n) is 11.6. The van der Waals surface area contributed by atoms with Gasteiger partial charge in [0.1, 0.15) is 0 Å². The van der Waals surface area contributed by atoms with E-state index in [9.17, 15) is 23.4 Å². The van der Waals surface area contributed by atoms with Gasteiger partial charge in [0.25, 0.3) is 5.79 Å². The van der Waals surface area contributed by atoms with E-state index in [0.717, 1.165) is 94.9 Å². The quantitative estimate of drug-likeness (QED) is 0.127. The number of rotatable bonds is 7. The largest absolute Gasteiger partial charge is 0.443 e. The van der Waals surface area contributed by atoms with Crippen molar-refractivity contribution in [1.82, 2.24) is 19.9 Å². The van der Waals surface area contributed by atoms with Gasteiger partial charge < -0.3 is 24.9 Å².